The predicted molar refractivity (Wildman–Crippen MR) is 65.8 cm³/mol. The van der Waals surface area contributed by atoms with E-state index in [4.69, 9.17) is 5.73 Å². The molecule has 6 nitrogen and oxygen atoms in total. The molecule has 1 atom stereocenters. The monoisotopic (exact) mass is 263 g/mol. The van der Waals surface area contributed by atoms with Gasteiger partial charge in [0.25, 0.3) is 0 Å². The number of amides is 1. The second-order valence-electron chi connectivity index (χ2n) is 4.81. The van der Waals surface area contributed by atoms with Crippen molar-refractivity contribution in [3.05, 3.63) is 0 Å². The van der Waals surface area contributed by atoms with Crippen molar-refractivity contribution in [3.63, 3.8) is 0 Å². The molecule has 1 heterocycles. The molecule has 0 bridgehead atoms. The van der Waals surface area contributed by atoms with E-state index in [0.29, 0.717) is 26.1 Å². The first-order chi connectivity index (χ1) is 7.84. The van der Waals surface area contributed by atoms with Gasteiger partial charge in [0, 0.05) is 13.1 Å². The third-order valence-corrected chi connectivity index (χ3v) is 4.94. The van der Waals surface area contributed by atoms with E-state index in [1.54, 1.807) is 0 Å². The molecule has 0 radical (unpaired) electrons. The molecule has 0 aliphatic carbocycles. The van der Waals surface area contributed by atoms with Crippen LogP contribution in [0.2, 0.25) is 0 Å². The fourth-order valence-electron chi connectivity index (χ4n) is 1.93. The molecule has 7 heteroatoms. The number of nitrogens with two attached hydrogens (primary N) is 1. The van der Waals surface area contributed by atoms with Crippen LogP contribution in [-0.4, -0.2) is 50.1 Å². The number of primary amides is 1. The smallest absolute Gasteiger partial charge is 0.232 e. The third-order valence-electron chi connectivity index (χ3n) is 2.70. The number of nitrogens with one attached hydrogen (secondary N) is 1. The van der Waals surface area contributed by atoms with Crippen molar-refractivity contribution < 1.29 is 13.2 Å². The van der Waals surface area contributed by atoms with Crippen LogP contribution < -0.4 is 11.1 Å². The van der Waals surface area contributed by atoms with Crippen LogP contribution in [0.4, 0.5) is 0 Å². The quantitative estimate of drug-likeness (QED) is 0.651. The maximum atomic E-state index is 12.3. The molecule has 1 unspecified atom stereocenters. The van der Waals surface area contributed by atoms with Crippen LogP contribution in [0.3, 0.4) is 0 Å². The van der Waals surface area contributed by atoms with Crippen LogP contribution in [0, 0.1) is 5.92 Å². The second-order valence-corrected chi connectivity index (χ2v) is 7.03. The standard InChI is InChI=1S/C10H21N3O3S/c1-8(2)6-13(7-10(11)14)17(15,16)9-3-4-12-5-9/h8-9,12H,3-7H2,1-2H3,(H2,11,14). The molecule has 1 saturated heterocycles. The molecule has 3 N–H and O–H groups in total. The Morgan fingerprint density at radius 2 is 2.18 bits per heavy atom. The second kappa shape index (κ2) is 5.79. The molecule has 100 valence electrons. The highest BCUT2D eigenvalue weighted by Crippen LogP contribution is 2.16. The molecule has 0 spiro atoms. The Morgan fingerprint density at radius 3 is 2.59 bits per heavy atom. The average Bonchev–Trinajstić information content (AvgIpc) is 2.68. The fraction of sp³-hybridized carbons (Fsp3) is 0.900. The summed E-state index contributed by atoms with van der Waals surface area (Å²) in [5, 5.41) is 2.59. The summed E-state index contributed by atoms with van der Waals surface area (Å²) in [4.78, 5) is 11.0. The summed E-state index contributed by atoms with van der Waals surface area (Å²) in [6, 6.07) is 0. The maximum Gasteiger partial charge on any atom is 0.232 e. The molecular formula is C10H21N3O3S. The molecule has 1 aliphatic rings. The minimum Gasteiger partial charge on any atom is -0.369 e. The van der Waals surface area contributed by atoms with Gasteiger partial charge in [-0.15, -0.1) is 0 Å². The number of hydrogen-bond acceptors (Lipinski definition) is 4. The van der Waals surface area contributed by atoms with Crippen LogP contribution in [0.1, 0.15) is 20.3 Å². The van der Waals surface area contributed by atoms with Crippen LogP contribution >= 0.6 is 0 Å². The van der Waals surface area contributed by atoms with Crippen LogP contribution in [0.15, 0.2) is 0 Å². The molecule has 0 aromatic rings. The minimum atomic E-state index is -3.42. The van der Waals surface area contributed by atoms with Gasteiger partial charge < -0.3 is 11.1 Å². The summed E-state index contributed by atoms with van der Waals surface area (Å²) in [5.41, 5.74) is 5.10. The van der Waals surface area contributed by atoms with Gasteiger partial charge in [0.2, 0.25) is 15.9 Å². The van der Waals surface area contributed by atoms with Crippen LogP contribution in [-0.2, 0) is 14.8 Å². The Hall–Kier alpha value is -0.660. The summed E-state index contributed by atoms with van der Waals surface area (Å²) in [6.45, 7) is 5.09. The zero-order valence-electron chi connectivity index (χ0n) is 10.3. The molecule has 1 fully saturated rings. The van der Waals surface area contributed by atoms with E-state index in [9.17, 15) is 13.2 Å². The Balaban J connectivity index is 2.82. The van der Waals surface area contributed by atoms with Crippen LogP contribution in [0.25, 0.3) is 0 Å². The summed E-state index contributed by atoms with van der Waals surface area (Å²) in [5.74, 6) is -0.446. The predicted octanol–water partition coefficient (Wildman–Crippen LogP) is -0.879. The van der Waals surface area contributed by atoms with Gasteiger partial charge in [-0.3, -0.25) is 4.79 Å². The maximum absolute atomic E-state index is 12.3. The Bertz CT molecular complexity index is 361. The molecular weight excluding hydrogens is 242 g/mol. The van der Waals surface area contributed by atoms with E-state index in [0.717, 1.165) is 0 Å². The zero-order chi connectivity index (χ0) is 13.1. The van der Waals surface area contributed by atoms with Gasteiger partial charge in [0.15, 0.2) is 0 Å². The Morgan fingerprint density at radius 1 is 1.53 bits per heavy atom. The Kier molecular flexibility index (Phi) is 4.91. The lowest BCUT2D eigenvalue weighted by atomic mass is 10.2. The lowest BCUT2D eigenvalue weighted by Gasteiger charge is -2.25. The van der Waals surface area contributed by atoms with Crippen molar-refractivity contribution in [1.82, 2.24) is 9.62 Å². The molecule has 1 aliphatic heterocycles. The van der Waals surface area contributed by atoms with Crippen molar-refractivity contribution in [3.8, 4) is 0 Å². The van der Waals surface area contributed by atoms with Crippen LogP contribution in [0.5, 0.6) is 0 Å². The van der Waals surface area contributed by atoms with Crippen molar-refractivity contribution in [1.29, 1.82) is 0 Å². The third kappa shape index (κ3) is 3.93. The lowest BCUT2D eigenvalue weighted by Crippen LogP contribution is -2.45. The van der Waals surface area contributed by atoms with Gasteiger partial charge in [0.1, 0.15) is 0 Å². The van der Waals surface area contributed by atoms with Gasteiger partial charge in [-0.05, 0) is 18.9 Å². The van der Waals surface area contributed by atoms with Gasteiger partial charge in [-0.2, -0.15) is 4.31 Å². The summed E-state index contributed by atoms with van der Waals surface area (Å²) in [6.07, 6.45) is 0.593. The largest absolute Gasteiger partial charge is 0.369 e. The first-order valence-electron chi connectivity index (χ1n) is 5.82. The molecule has 0 saturated carbocycles. The Labute approximate surface area is 103 Å². The first-order valence-corrected chi connectivity index (χ1v) is 7.32. The molecule has 1 amide bonds. The highest BCUT2D eigenvalue weighted by molar-refractivity contribution is 7.89. The number of carbonyl (C=O) groups is 1. The van der Waals surface area contributed by atoms with Crippen molar-refractivity contribution in [2.75, 3.05) is 26.2 Å². The van der Waals surface area contributed by atoms with E-state index in [2.05, 4.69) is 5.32 Å². The van der Waals surface area contributed by atoms with E-state index >= 15 is 0 Å². The van der Waals surface area contributed by atoms with Gasteiger partial charge in [0.05, 0.1) is 11.8 Å². The van der Waals surface area contributed by atoms with Crippen molar-refractivity contribution in [2.24, 2.45) is 11.7 Å². The number of sulfonamides is 1. The van der Waals surface area contributed by atoms with E-state index in [-0.39, 0.29) is 12.5 Å². The number of hydrogen-bond donors (Lipinski definition) is 2. The van der Waals surface area contributed by atoms with Gasteiger partial charge >= 0.3 is 0 Å². The van der Waals surface area contributed by atoms with Gasteiger partial charge in [-0.1, -0.05) is 13.8 Å². The summed E-state index contributed by atoms with van der Waals surface area (Å²) < 4.78 is 25.8. The summed E-state index contributed by atoms with van der Waals surface area (Å²) >= 11 is 0. The van der Waals surface area contributed by atoms with E-state index < -0.39 is 21.2 Å². The number of carbonyl (C=O) groups excluding carboxylic acids is 1. The summed E-state index contributed by atoms with van der Waals surface area (Å²) in [7, 11) is -3.42. The normalized spacial score (nSPS) is 21.3. The molecule has 0 aromatic carbocycles. The average molecular weight is 263 g/mol. The SMILES string of the molecule is CC(C)CN(CC(N)=O)S(=O)(=O)C1CCNC1. The highest BCUT2D eigenvalue weighted by Gasteiger charge is 2.34. The minimum absolute atomic E-state index is 0.165. The topological polar surface area (TPSA) is 92.5 Å². The molecule has 1 rings (SSSR count). The fourth-order valence-corrected chi connectivity index (χ4v) is 3.91. The lowest BCUT2D eigenvalue weighted by molar-refractivity contribution is -0.118. The van der Waals surface area contributed by atoms with E-state index in [1.165, 1.54) is 4.31 Å². The zero-order valence-corrected chi connectivity index (χ0v) is 11.2. The molecule has 0 aromatic heterocycles. The van der Waals surface area contributed by atoms with Crippen molar-refractivity contribution >= 4 is 15.9 Å². The number of nitrogens with zero attached hydrogens (tertiary/aromatic N) is 1. The van der Waals surface area contributed by atoms with E-state index in [1.807, 2.05) is 13.8 Å². The molecule has 17 heavy (non-hydrogen) atoms. The first kappa shape index (κ1) is 14.4. The highest BCUT2D eigenvalue weighted by atomic mass is 32.2. The van der Waals surface area contributed by atoms with Crippen molar-refractivity contribution in [2.45, 2.75) is 25.5 Å². The van der Waals surface area contributed by atoms with Gasteiger partial charge in [-0.25, -0.2) is 8.42 Å². The number of rotatable bonds is 6.